The van der Waals surface area contributed by atoms with Gasteiger partial charge in [-0.1, -0.05) is 0 Å². The number of likely N-dealkylation sites (tertiary alicyclic amines) is 1. The lowest BCUT2D eigenvalue weighted by Crippen LogP contribution is -2.61. The summed E-state index contributed by atoms with van der Waals surface area (Å²) < 4.78 is 2.78. The Labute approximate surface area is 120 Å². The number of amides is 1. The van der Waals surface area contributed by atoms with Crippen molar-refractivity contribution in [2.45, 2.75) is 32.7 Å². The third-order valence-electron chi connectivity index (χ3n) is 4.32. The Kier molecular flexibility index (Phi) is 2.81. The Morgan fingerprint density at radius 2 is 2.11 bits per heavy atom. The first-order valence-corrected chi connectivity index (χ1v) is 7.20. The van der Waals surface area contributed by atoms with E-state index in [1.165, 1.54) is 6.92 Å². The third kappa shape index (κ3) is 1.84. The van der Waals surface area contributed by atoms with Crippen molar-refractivity contribution in [3.63, 3.8) is 0 Å². The number of ketones is 1. The van der Waals surface area contributed by atoms with Crippen LogP contribution < -0.4 is 0 Å². The molecule has 1 aliphatic heterocycles. The average molecular weight is 326 g/mol. The smallest absolute Gasteiger partial charge is 0.209 e. The minimum atomic E-state index is -0.0152. The predicted molar refractivity (Wildman–Crippen MR) is 73.0 cm³/mol. The summed E-state index contributed by atoms with van der Waals surface area (Å²) in [7, 11) is 0. The van der Waals surface area contributed by atoms with Crippen LogP contribution >= 0.6 is 15.9 Å². The maximum atomic E-state index is 11.5. The SMILES string of the molecule is CC(=O)c1nn(C2CC3(C2)CN(C=O)C3)c(C)c1Br. The standard InChI is InChI=1S/C13H16BrN3O2/c1-8-11(14)12(9(2)19)15-17(8)10-3-13(4-10)5-16(6-13)7-18/h7,10H,3-6H2,1-2H3. The van der Waals surface area contributed by atoms with Gasteiger partial charge in [-0.2, -0.15) is 5.10 Å². The van der Waals surface area contributed by atoms with E-state index < -0.39 is 0 Å². The number of aromatic nitrogens is 2. The van der Waals surface area contributed by atoms with Crippen molar-refractivity contribution in [1.82, 2.24) is 14.7 Å². The lowest BCUT2D eigenvalue weighted by Gasteiger charge is -2.58. The van der Waals surface area contributed by atoms with Gasteiger partial charge in [-0.3, -0.25) is 14.3 Å². The first-order valence-electron chi connectivity index (χ1n) is 6.41. The molecule has 1 spiro atoms. The van der Waals surface area contributed by atoms with Crippen LogP contribution in [-0.4, -0.2) is 40.0 Å². The second kappa shape index (κ2) is 4.16. The fourth-order valence-electron chi connectivity index (χ4n) is 3.34. The summed E-state index contributed by atoms with van der Waals surface area (Å²) in [5, 5.41) is 4.43. The largest absolute Gasteiger partial charge is 0.344 e. The molecular weight excluding hydrogens is 310 g/mol. The van der Waals surface area contributed by atoms with E-state index in [2.05, 4.69) is 21.0 Å². The second-order valence-corrected chi connectivity index (χ2v) is 6.61. The van der Waals surface area contributed by atoms with Crippen molar-refractivity contribution in [1.29, 1.82) is 0 Å². The van der Waals surface area contributed by atoms with E-state index in [1.54, 1.807) is 0 Å². The molecule has 1 aromatic heterocycles. The van der Waals surface area contributed by atoms with Crippen molar-refractivity contribution in [2.75, 3.05) is 13.1 Å². The molecular formula is C13H16BrN3O2. The molecule has 0 bridgehead atoms. The molecule has 0 radical (unpaired) electrons. The topological polar surface area (TPSA) is 55.2 Å². The number of nitrogens with zero attached hydrogens (tertiary/aromatic N) is 3. The van der Waals surface area contributed by atoms with E-state index in [9.17, 15) is 9.59 Å². The van der Waals surface area contributed by atoms with E-state index in [0.29, 0.717) is 17.2 Å². The molecule has 0 aromatic carbocycles. The summed E-state index contributed by atoms with van der Waals surface area (Å²) in [5.74, 6) is -0.0152. The van der Waals surface area contributed by atoms with Crippen LogP contribution in [-0.2, 0) is 4.79 Å². The summed E-state index contributed by atoms with van der Waals surface area (Å²) in [6.45, 7) is 5.25. The lowest BCUT2D eigenvalue weighted by molar-refractivity contribution is -0.140. The van der Waals surface area contributed by atoms with Crippen LogP contribution in [0.3, 0.4) is 0 Å². The maximum Gasteiger partial charge on any atom is 0.209 e. The van der Waals surface area contributed by atoms with Crippen LogP contribution in [0.15, 0.2) is 4.47 Å². The molecule has 2 aliphatic rings. The summed E-state index contributed by atoms with van der Waals surface area (Å²) in [6.07, 6.45) is 3.01. The van der Waals surface area contributed by atoms with Gasteiger partial charge in [0, 0.05) is 25.4 Å². The normalized spacial score (nSPS) is 21.1. The van der Waals surface area contributed by atoms with Gasteiger partial charge in [0.15, 0.2) is 5.78 Å². The lowest BCUT2D eigenvalue weighted by atomic mass is 9.61. The molecule has 19 heavy (non-hydrogen) atoms. The first-order chi connectivity index (χ1) is 8.96. The summed E-state index contributed by atoms with van der Waals surface area (Å²) >= 11 is 3.44. The van der Waals surface area contributed by atoms with Crippen molar-refractivity contribution >= 4 is 28.1 Å². The highest BCUT2D eigenvalue weighted by Crippen LogP contribution is 2.54. The number of carbonyl (C=O) groups is 2. The van der Waals surface area contributed by atoms with Gasteiger partial charge < -0.3 is 4.90 Å². The van der Waals surface area contributed by atoms with Gasteiger partial charge in [-0.15, -0.1) is 0 Å². The molecule has 2 heterocycles. The summed E-state index contributed by atoms with van der Waals surface area (Å²) in [4.78, 5) is 23.9. The average Bonchev–Trinajstić information content (AvgIpc) is 2.54. The van der Waals surface area contributed by atoms with E-state index in [1.807, 2.05) is 16.5 Å². The van der Waals surface area contributed by atoms with E-state index >= 15 is 0 Å². The molecule has 0 N–H and O–H groups in total. The van der Waals surface area contributed by atoms with Crippen LogP contribution in [0, 0.1) is 12.3 Å². The Balaban J connectivity index is 1.74. The molecule has 5 nitrogen and oxygen atoms in total. The molecule has 102 valence electrons. The number of hydrogen-bond donors (Lipinski definition) is 0. The minimum Gasteiger partial charge on any atom is -0.344 e. The summed E-state index contributed by atoms with van der Waals surface area (Å²) in [5.41, 5.74) is 1.84. The number of Topliss-reactive ketones (excluding diaryl/α,β-unsaturated/α-hetero) is 1. The van der Waals surface area contributed by atoms with Gasteiger partial charge in [0.2, 0.25) is 6.41 Å². The third-order valence-corrected chi connectivity index (χ3v) is 5.27. The molecule has 1 aliphatic carbocycles. The van der Waals surface area contributed by atoms with Gasteiger partial charge in [-0.05, 0) is 35.7 Å². The predicted octanol–water partition coefficient (Wildman–Crippen LogP) is 1.95. The number of halogens is 1. The van der Waals surface area contributed by atoms with Crippen molar-refractivity contribution in [2.24, 2.45) is 5.41 Å². The highest BCUT2D eigenvalue weighted by atomic mass is 79.9. The highest BCUT2D eigenvalue weighted by molar-refractivity contribution is 9.10. The molecule has 1 saturated heterocycles. The van der Waals surface area contributed by atoms with Crippen LogP contribution in [0.5, 0.6) is 0 Å². The van der Waals surface area contributed by atoms with Crippen LogP contribution in [0.25, 0.3) is 0 Å². The molecule has 0 unspecified atom stereocenters. The van der Waals surface area contributed by atoms with Crippen LogP contribution in [0.2, 0.25) is 0 Å². The minimum absolute atomic E-state index is 0.0152. The van der Waals surface area contributed by atoms with E-state index in [4.69, 9.17) is 0 Å². The van der Waals surface area contributed by atoms with Crippen molar-refractivity contribution in [3.05, 3.63) is 15.9 Å². The Hall–Kier alpha value is -1.17. The number of carbonyl (C=O) groups excluding carboxylic acids is 2. The fourth-order valence-corrected chi connectivity index (χ4v) is 3.88. The van der Waals surface area contributed by atoms with Crippen LogP contribution in [0.4, 0.5) is 0 Å². The van der Waals surface area contributed by atoms with E-state index in [0.717, 1.165) is 42.5 Å². The fraction of sp³-hybridized carbons (Fsp3) is 0.615. The molecule has 3 rings (SSSR count). The molecule has 1 aromatic rings. The van der Waals surface area contributed by atoms with Gasteiger partial charge in [-0.25, -0.2) is 0 Å². The van der Waals surface area contributed by atoms with Crippen molar-refractivity contribution < 1.29 is 9.59 Å². The second-order valence-electron chi connectivity index (χ2n) is 5.82. The monoisotopic (exact) mass is 325 g/mol. The van der Waals surface area contributed by atoms with E-state index in [-0.39, 0.29) is 5.78 Å². The zero-order valence-electron chi connectivity index (χ0n) is 11.0. The Morgan fingerprint density at radius 3 is 2.58 bits per heavy atom. The Bertz CT molecular complexity index is 552. The van der Waals surface area contributed by atoms with Gasteiger partial charge in [0.1, 0.15) is 5.69 Å². The number of rotatable bonds is 3. The van der Waals surface area contributed by atoms with Crippen LogP contribution in [0.1, 0.15) is 42.0 Å². The highest BCUT2D eigenvalue weighted by Gasteiger charge is 2.53. The molecule has 0 atom stereocenters. The number of hydrogen-bond acceptors (Lipinski definition) is 3. The van der Waals surface area contributed by atoms with Crippen molar-refractivity contribution in [3.8, 4) is 0 Å². The molecule has 1 amide bonds. The molecule has 2 fully saturated rings. The maximum absolute atomic E-state index is 11.5. The van der Waals surface area contributed by atoms with Gasteiger partial charge >= 0.3 is 0 Å². The zero-order chi connectivity index (χ0) is 13.8. The first kappa shape index (κ1) is 12.8. The quantitative estimate of drug-likeness (QED) is 0.630. The zero-order valence-corrected chi connectivity index (χ0v) is 12.6. The molecule has 1 saturated carbocycles. The summed E-state index contributed by atoms with van der Waals surface area (Å²) in [6, 6.07) is 0.359. The van der Waals surface area contributed by atoms with Gasteiger partial charge in [0.05, 0.1) is 16.2 Å². The van der Waals surface area contributed by atoms with Gasteiger partial charge in [0.25, 0.3) is 0 Å². The Morgan fingerprint density at radius 1 is 1.47 bits per heavy atom. The molecule has 6 heteroatoms.